The van der Waals surface area contributed by atoms with E-state index in [4.69, 9.17) is 10.9 Å². The van der Waals surface area contributed by atoms with Crippen molar-refractivity contribution in [1.29, 1.82) is 0 Å². The van der Waals surface area contributed by atoms with Gasteiger partial charge in [0.1, 0.15) is 5.84 Å². The van der Waals surface area contributed by atoms with E-state index in [2.05, 4.69) is 17.4 Å². The molecule has 5 heteroatoms. The lowest BCUT2D eigenvalue weighted by atomic mass is 10.1. The van der Waals surface area contributed by atoms with Gasteiger partial charge in [0.05, 0.1) is 0 Å². The summed E-state index contributed by atoms with van der Waals surface area (Å²) in [5, 5.41) is 14.3. The molecule has 1 aromatic carbocycles. The van der Waals surface area contributed by atoms with Crippen molar-refractivity contribution in [2.45, 2.75) is 51.9 Å². The van der Waals surface area contributed by atoms with Crippen molar-refractivity contribution in [3.8, 4) is 0 Å². The van der Waals surface area contributed by atoms with Crippen LogP contribution in [0.2, 0.25) is 0 Å². The largest absolute Gasteiger partial charge is 0.409 e. The maximum Gasteiger partial charge on any atom is 0.224 e. The number of hydrogen-bond donors (Lipinski definition) is 3. The number of anilines is 1. The highest BCUT2D eigenvalue weighted by molar-refractivity contribution is 5.90. The molecule has 5 nitrogen and oxygen atoms in total. The van der Waals surface area contributed by atoms with E-state index in [9.17, 15) is 4.79 Å². The van der Waals surface area contributed by atoms with E-state index >= 15 is 0 Å². The van der Waals surface area contributed by atoms with Gasteiger partial charge in [-0.15, -0.1) is 0 Å². The molecule has 21 heavy (non-hydrogen) atoms. The number of carbonyl (C=O) groups excluding carboxylic acids is 1. The average molecular weight is 291 g/mol. The van der Waals surface area contributed by atoms with Crippen LogP contribution in [0, 0.1) is 0 Å². The Morgan fingerprint density at radius 2 is 1.86 bits per heavy atom. The van der Waals surface area contributed by atoms with Gasteiger partial charge in [-0.1, -0.05) is 49.9 Å². The van der Waals surface area contributed by atoms with Crippen LogP contribution in [0.1, 0.15) is 51.0 Å². The molecule has 0 aromatic heterocycles. The predicted octanol–water partition coefficient (Wildman–Crippen LogP) is 3.27. The number of nitrogens with one attached hydrogen (secondary N) is 1. The lowest BCUT2D eigenvalue weighted by Gasteiger charge is -2.06. The van der Waals surface area contributed by atoms with Crippen molar-refractivity contribution in [3.63, 3.8) is 0 Å². The maximum absolute atomic E-state index is 11.8. The molecule has 0 spiro atoms. The average Bonchev–Trinajstić information content (AvgIpc) is 2.49. The zero-order valence-corrected chi connectivity index (χ0v) is 12.6. The Hall–Kier alpha value is -2.04. The normalized spacial score (nSPS) is 11.4. The fraction of sp³-hybridized carbons (Fsp3) is 0.500. The van der Waals surface area contributed by atoms with Crippen molar-refractivity contribution in [3.05, 3.63) is 29.8 Å². The molecule has 0 aliphatic heterocycles. The third-order valence-electron chi connectivity index (χ3n) is 3.26. The van der Waals surface area contributed by atoms with Gasteiger partial charge in [0.25, 0.3) is 0 Å². The summed E-state index contributed by atoms with van der Waals surface area (Å²) in [6.07, 6.45) is 6.66. The summed E-state index contributed by atoms with van der Waals surface area (Å²) < 4.78 is 0. The molecule has 0 heterocycles. The molecule has 1 rings (SSSR count). The Balaban J connectivity index is 2.32. The number of rotatable bonds is 9. The Labute approximate surface area is 126 Å². The Kier molecular flexibility index (Phi) is 7.94. The van der Waals surface area contributed by atoms with Gasteiger partial charge in [-0.25, -0.2) is 0 Å². The van der Waals surface area contributed by atoms with Crippen LogP contribution < -0.4 is 11.1 Å². The number of amidine groups is 1. The molecule has 0 atom stereocenters. The van der Waals surface area contributed by atoms with Crippen LogP contribution in [0.3, 0.4) is 0 Å². The number of benzene rings is 1. The molecule has 0 bridgehead atoms. The standard InChI is InChI=1S/C16H25N3O2/c1-2-3-4-5-6-7-16(20)18-14-10-8-13(9-11-14)12-15(17)19-21/h8-11,21H,2-7,12H2,1H3,(H2,17,19)(H,18,20). The molecule has 0 radical (unpaired) electrons. The molecule has 0 aliphatic rings. The van der Waals surface area contributed by atoms with Crippen LogP contribution in [0.15, 0.2) is 29.4 Å². The van der Waals surface area contributed by atoms with Gasteiger partial charge in [-0.3, -0.25) is 4.79 Å². The summed E-state index contributed by atoms with van der Waals surface area (Å²) in [7, 11) is 0. The third-order valence-corrected chi connectivity index (χ3v) is 3.26. The minimum absolute atomic E-state index is 0.0516. The molecule has 0 aliphatic carbocycles. The number of nitrogens with zero attached hydrogens (tertiary/aromatic N) is 1. The molecular formula is C16H25N3O2. The fourth-order valence-corrected chi connectivity index (χ4v) is 2.06. The zero-order chi connectivity index (χ0) is 15.5. The monoisotopic (exact) mass is 291 g/mol. The highest BCUT2D eigenvalue weighted by atomic mass is 16.4. The minimum atomic E-state index is 0.0516. The first kappa shape index (κ1) is 17.0. The summed E-state index contributed by atoms with van der Waals surface area (Å²) >= 11 is 0. The lowest BCUT2D eigenvalue weighted by molar-refractivity contribution is -0.116. The van der Waals surface area contributed by atoms with Crippen molar-refractivity contribution >= 4 is 17.4 Å². The second-order valence-electron chi connectivity index (χ2n) is 5.18. The quantitative estimate of drug-likeness (QED) is 0.214. The van der Waals surface area contributed by atoms with E-state index in [1.165, 1.54) is 19.3 Å². The predicted molar refractivity (Wildman–Crippen MR) is 85.6 cm³/mol. The first-order chi connectivity index (χ1) is 10.2. The second kappa shape index (κ2) is 9.80. The molecule has 116 valence electrons. The molecule has 1 amide bonds. The summed E-state index contributed by atoms with van der Waals surface area (Å²) in [6.45, 7) is 2.18. The van der Waals surface area contributed by atoms with Crippen molar-refractivity contribution in [2.24, 2.45) is 10.9 Å². The maximum atomic E-state index is 11.8. The van der Waals surface area contributed by atoms with Crippen LogP contribution in [-0.2, 0) is 11.2 Å². The number of carbonyl (C=O) groups is 1. The Morgan fingerprint density at radius 1 is 1.19 bits per heavy atom. The first-order valence-electron chi connectivity index (χ1n) is 7.51. The van der Waals surface area contributed by atoms with Crippen LogP contribution in [-0.4, -0.2) is 17.0 Å². The van der Waals surface area contributed by atoms with Gasteiger partial charge < -0.3 is 16.3 Å². The summed E-state index contributed by atoms with van der Waals surface area (Å²) in [6, 6.07) is 7.37. The molecule has 0 unspecified atom stereocenters. The molecule has 0 saturated carbocycles. The Morgan fingerprint density at radius 3 is 2.48 bits per heavy atom. The van der Waals surface area contributed by atoms with Crippen LogP contribution in [0.5, 0.6) is 0 Å². The smallest absolute Gasteiger partial charge is 0.224 e. The van der Waals surface area contributed by atoms with Gasteiger partial charge in [0.2, 0.25) is 5.91 Å². The summed E-state index contributed by atoms with van der Waals surface area (Å²) in [4.78, 5) is 11.8. The fourth-order valence-electron chi connectivity index (χ4n) is 2.06. The van der Waals surface area contributed by atoms with Crippen molar-refractivity contribution in [2.75, 3.05) is 5.32 Å². The van der Waals surface area contributed by atoms with E-state index in [-0.39, 0.29) is 11.7 Å². The van der Waals surface area contributed by atoms with Crippen LogP contribution in [0.25, 0.3) is 0 Å². The molecule has 1 aromatic rings. The van der Waals surface area contributed by atoms with Crippen molar-refractivity contribution in [1.82, 2.24) is 0 Å². The van der Waals surface area contributed by atoms with Crippen LogP contribution >= 0.6 is 0 Å². The second-order valence-corrected chi connectivity index (χ2v) is 5.18. The summed E-state index contributed by atoms with van der Waals surface area (Å²) in [5.74, 6) is 0.217. The van der Waals surface area contributed by atoms with Gasteiger partial charge in [0.15, 0.2) is 0 Å². The van der Waals surface area contributed by atoms with Gasteiger partial charge in [-0.05, 0) is 24.1 Å². The number of hydrogen-bond acceptors (Lipinski definition) is 3. The topological polar surface area (TPSA) is 87.7 Å². The number of nitrogens with two attached hydrogens (primary N) is 1. The van der Waals surface area contributed by atoms with Gasteiger partial charge in [0, 0.05) is 18.5 Å². The lowest BCUT2D eigenvalue weighted by Crippen LogP contribution is -2.15. The molecule has 0 saturated heterocycles. The van der Waals surface area contributed by atoms with Gasteiger partial charge in [-0.2, -0.15) is 0 Å². The summed E-state index contributed by atoms with van der Waals surface area (Å²) in [5.41, 5.74) is 7.15. The van der Waals surface area contributed by atoms with E-state index in [1.807, 2.05) is 24.3 Å². The van der Waals surface area contributed by atoms with E-state index < -0.39 is 0 Å². The number of amides is 1. The Bertz CT molecular complexity index is 455. The van der Waals surface area contributed by atoms with Crippen LogP contribution in [0.4, 0.5) is 5.69 Å². The SMILES string of the molecule is CCCCCCCC(=O)Nc1ccc(CC(N)=NO)cc1. The zero-order valence-electron chi connectivity index (χ0n) is 12.6. The van der Waals surface area contributed by atoms with E-state index in [0.29, 0.717) is 12.8 Å². The molecular weight excluding hydrogens is 266 g/mol. The number of unbranched alkanes of at least 4 members (excludes halogenated alkanes) is 4. The van der Waals surface area contributed by atoms with Gasteiger partial charge >= 0.3 is 0 Å². The third kappa shape index (κ3) is 7.34. The molecule has 0 fully saturated rings. The minimum Gasteiger partial charge on any atom is -0.409 e. The highest BCUT2D eigenvalue weighted by Gasteiger charge is 2.03. The van der Waals surface area contributed by atoms with Crippen molar-refractivity contribution < 1.29 is 10.0 Å². The molecule has 4 N–H and O–H groups in total. The van der Waals surface area contributed by atoms with E-state index in [0.717, 1.165) is 24.1 Å². The first-order valence-corrected chi connectivity index (χ1v) is 7.51. The van der Waals surface area contributed by atoms with E-state index in [1.54, 1.807) is 0 Å². The number of oxime groups is 1. The highest BCUT2D eigenvalue weighted by Crippen LogP contribution is 2.12.